The van der Waals surface area contributed by atoms with Gasteiger partial charge in [0.2, 0.25) is 15.9 Å². The summed E-state index contributed by atoms with van der Waals surface area (Å²) in [5, 5.41) is 5.43. The van der Waals surface area contributed by atoms with Crippen molar-refractivity contribution >= 4 is 27.5 Å². The van der Waals surface area contributed by atoms with E-state index in [0.717, 1.165) is 5.56 Å². The van der Waals surface area contributed by atoms with Gasteiger partial charge in [-0.05, 0) is 54.1 Å². The summed E-state index contributed by atoms with van der Waals surface area (Å²) < 4.78 is 42.7. The fourth-order valence-corrected chi connectivity index (χ4v) is 4.66. The molecule has 0 radical (unpaired) electrons. The van der Waals surface area contributed by atoms with Gasteiger partial charge in [0.05, 0.1) is 23.5 Å². The molecule has 196 valence electrons. The summed E-state index contributed by atoms with van der Waals surface area (Å²) in [5.41, 5.74) is 1.97. The summed E-state index contributed by atoms with van der Waals surface area (Å²) in [4.78, 5) is 30.0. The van der Waals surface area contributed by atoms with Crippen molar-refractivity contribution in [2.45, 2.75) is 23.9 Å². The lowest BCUT2D eigenvalue weighted by Gasteiger charge is -2.19. The Kier molecular flexibility index (Phi) is 8.29. The molecule has 0 fully saturated rings. The highest BCUT2D eigenvalue weighted by atomic mass is 32.2. The third kappa shape index (κ3) is 7.11. The molecule has 0 aliphatic rings. The minimum atomic E-state index is -3.80. The van der Waals surface area contributed by atoms with Crippen LogP contribution in [0.1, 0.15) is 21.6 Å². The second-order valence-corrected chi connectivity index (χ2v) is 10.4. The number of carbonyl (C=O) groups excluding carboxylic acids is 2. The molecule has 0 aliphatic carbocycles. The van der Waals surface area contributed by atoms with Crippen LogP contribution in [0.3, 0.4) is 0 Å². The van der Waals surface area contributed by atoms with E-state index in [1.165, 1.54) is 48.5 Å². The van der Waals surface area contributed by atoms with Crippen LogP contribution in [0.2, 0.25) is 0 Å². The summed E-state index contributed by atoms with van der Waals surface area (Å²) >= 11 is 0. The van der Waals surface area contributed by atoms with Gasteiger partial charge in [0.15, 0.2) is 0 Å². The zero-order valence-electron chi connectivity index (χ0n) is 20.5. The Balaban J connectivity index is 1.44. The number of rotatable bonds is 10. The smallest absolute Gasteiger partial charge is 0.251 e. The van der Waals surface area contributed by atoms with E-state index >= 15 is 0 Å². The first-order valence-electron chi connectivity index (χ1n) is 11.7. The molecule has 0 spiro atoms. The number of aryl methyl sites for hydroxylation is 1. The van der Waals surface area contributed by atoms with Gasteiger partial charge in [-0.25, -0.2) is 22.5 Å². The molecule has 38 heavy (non-hydrogen) atoms. The fourth-order valence-electron chi connectivity index (χ4n) is 3.66. The van der Waals surface area contributed by atoms with Crippen molar-refractivity contribution in [1.82, 2.24) is 19.6 Å². The molecule has 0 saturated heterocycles. The normalized spacial score (nSPS) is 12.1. The van der Waals surface area contributed by atoms with Crippen molar-refractivity contribution in [3.8, 4) is 0 Å². The van der Waals surface area contributed by atoms with Gasteiger partial charge in [0, 0.05) is 30.9 Å². The summed E-state index contributed by atoms with van der Waals surface area (Å²) in [6.45, 7) is 0.0383. The summed E-state index contributed by atoms with van der Waals surface area (Å²) in [6.07, 6.45) is 3.50. The number of nitrogens with zero attached hydrogens (tertiary/aromatic N) is 2. The molecule has 2 amide bonds. The second-order valence-electron chi connectivity index (χ2n) is 8.59. The lowest BCUT2D eigenvalue weighted by molar-refractivity contribution is -0.118. The molecule has 0 unspecified atom stereocenters. The molecule has 1 aromatic heterocycles. The Morgan fingerprint density at radius 1 is 0.974 bits per heavy atom. The number of amides is 2. The Morgan fingerprint density at radius 3 is 2.29 bits per heavy atom. The van der Waals surface area contributed by atoms with Crippen LogP contribution in [0, 0.1) is 5.82 Å². The first-order valence-corrected chi connectivity index (χ1v) is 13.2. The molecule has 11 heteroatoms. The molecule has 4 aromatic rings. The van der Waals surface area contributed by atoms with E-state index in [-0.39, 0.29) is 23.4 Å². The predicted octanol–water partition coefficient (Wildman–Crippen LogP) is 3.02. The van der Waals surface area contributed by atoms with Crippen molar-refractivity contribution in [3.63, 3.8) is 0 Å². The lowest BCUT2D eigenvalue weighted by atomic mass is 10.0. The number of hydrogen-bond acceptors (Lipinski definition) is 5. The van der Waals surface area contributed by atoms with Crippen molar-refractivity contribution < 1.29 is 22.4 Å². The molecule has 3 aromatic carbocycles. The van der Waals surface area contributed by atoms with Gasteiger partial charge in [0.1, 0.15) is 11.9 Å². The van der Waals surface area contributed by atoms with E-state index in [4.69, 9.17) is 0 Å². The standard InChI is InChI=1S/C27H26FN5O4S/c1-33-17-23(29-18-33)16-30-38(36,37)24-13-11-22(12-14-24)31-27(35)25(15-19-5-3-2-4-6-19)32-26(34)20-7-9-21(28)10-8-20/h2-14,17-18,25,30H,15-16H2,1H3,(H,31,35)(H,32,34)/t25-/m0/s1. The Labute approximate surface area is 219 Å². The van der Waals surface area contributed by atoms with Gasteiger partial charge < -0.3 is 15.2 Å². The van der Waals surface area contributed by atoms with Gasteiger partial charge in [0.25, 0.3) is 5.91 Å². The second kappa shape index (κ2) is 11.8. The number of benzene rings is 3. The Morgan fingerprint density at radius 2 is 1.66 bits per heavy atom. The van der Waals surface area contributed by atoms with Crippen LogP contribution in [0.15, 0.2) is 96.3 Å². The maximum atomic E-state index is 13.3. The highest BCUT2D eigenvalue weighted by Gasteiger charge is 2.23. The van der Waals surface area contributed by atoms with Gasteiger partial charge in [-0.2, -0.15) is 0 Å². The molecule has 0 bridgehead atoms. The highest BCUT2D eigenvalue weighted by molar-refractivity contribution is 7.89. The number of nitrogens with one attached hydrogen (secondary N) is 3. The number of carbonyl (C=O) groups is 2. The van der Waals surface area contributed by atoms with E-state index in [0.29, 0.717) is 11.4 Å². The average molecular weight is 536 g/mol. The van der Waals surface area contributed by atoms with E-state index in [9.17, 15) is 22.4 Å². The van der Waals surface area contributed by atoms with Gasteiger partial charge in [-0.3, -0.25) is 9.59 Å². The third-order valence-electron chi connectivity index (χ3n) is 5.64. The number of aromatic nitrogens is 2. The minimum absolute atomic E-state index is 0.0249. The number of hydrogen-bond donors (Lipinski definition) is 3. The highest BCUT2D eigenvalue weighted by Crippen LogP contribution is 2.16. The van der Waals surface area contributed by atoms with E-state index < -0.39 is 33.7 Å². The molecule has 4 rings (SSSR count). The van der Waals surface area contributed by atoms with Crippen molar-refractivity contribution in [2.75, 3.05) is 5.32 Å². The topological polar surface area (TPSA) is 122 Å². The number of sulfonamides is 1. The summed E-state index contributed by atoms with van der Waals surface area (Å²) in [7, 11) is -2.01. The molecular formula is C27H26FN5O4S. The van der Waals surface area contributed by atoms with Crippen molar-refractivity contribution in [1.29, 1.82) is 0 Å². The van der Waals surface area contributed by atoms with Crippen LogP contribution < -0.4 is 15.4 Å². The number of imidazole rings is 1. The first kappa shape index (κ1) is 26.7. The van der Waals surface area contributed by atoms with E-state index in [2.05, 4.69) is 20.3 Å². The lowest BCUT2D eigenvalue weighted by Crippen LogP contribution is -2.45. The van der Waals surface area contributed by atoms with Crippen LogP contribution in [0.4, 0.5) is 10.1 Å². The van der Waals surface area contributed by atoms with Crippen LogP contribution in [0.5, 0.6) is 0 Å². The predicted molar refractivity (Wildman–Crippen MR) is 140 cm³/mol. The van der Waals surface area contributed by atoms with Crippen molar-refractivity contribution in [3.05, 3.63) is 114 Å². The van der Waals surface area contributed by atoms with Crippen LogP contribution >= 0.6 is 0 Å². The fraction of sp³-hybridized carbons (Fsp3) is 0.148. The van der Waals surface area contributed by atoms with E-state index in [1.807, 2.05) is 30.3 Å². The first-order chi connectivity index (χ1) is 18.2. The van der Waals surface area contributed by atoms with Gasteiger partial charge in [-0.1, -0.05) is 30.3 Å². The van der Waals surface area contributed by atoms with Crippen LogP contribution in [-0.4, -0.2) is 35.8 Å². The number of halogens is 1. The average Bonchev–Trinajstić information content (AvgIpc) is 3.33. The number of anilines is 1. The van der Waals surface area contributed by atoms with E-state index in [1.54, 1.807) is 24.1 Å². The largest absolute Gasteiger partial charge is 0.340 e. The third-order valence-corrected chi connectivity index (χ3v) is 7.06. The van der Waals surface area contributed by atoms with Crippen LogP contribution in [0.25, 0.3) is 0 Å². The molecule has 3 N–H and O–H groups in total. The molecule has 9 nitrogen and oxygen atoms in total. The summed E-state index contributed by atoms with van der Waals surface area (Å²) in [6, 6.07) is 18.9. The van der Waals surface area contributed by atoms with Gasteiger partial charge in [-0.15, -0.1) is 0 Å². The zero-order chi connectivity index (χ0) is 27.1. The Hall–Kier alpha value is -4.35. The minimum Gasteiger partial charge on any atom is -0.340 e. The Bertz CT molecular complexity index is 1510. The maximum Gasteiger partial charge on any atom is 0.251 e. The monoisotopic (exact) mass is 535 g/mol. The molecule has 1 heterocycles. The SMILES string of the molecule is Cn1cnc(CNS(=O)(=O)c2ccc(NC(=O)[C@H](Cc3ccccc3)NC(=O)c3ccc(F)cc3)cc2)c1. The summed E-state index contributed by atoms with van der Waals surface area (Å²) in [5.74, 6) is -1.49. The zero-order valence-corrected chi connectivity index (χ0v) is 21.3. The molecule has 0 saturated carbocycles. The molecule has 0 aliphatic heterocycles. The quantitative estimate of drug-likeness (QED) is 0.288. The van der Waals surface area contributed by atoms with Crippen LogP contribution in [-0.2, 0) is 34.8 Å². The van der Waals surface area contributed by atoms with Gasteiger partial charge >= 0.3 is 0 Å². The molecular weight excluding hydrogens is 509 g/mol. The molecule has 1 atom stereocenters. The van der Waals surface area contributed by atoms with Crippen molar-refractivity contribution in [2.24, 2.45) is 7.05 Å². The maximum absolute atomic E-state index is 13.3.